The lowest BCUT2D eigenvalue weighted by molar-refractivity contribution is 0.412. The van der Waals surface area contributed by atoms with Gasteiger partial charge in [-0.3, -0.25) is 0 Å². The van der Waals surface area contributed by atoms with Crippen LogP contribution in [0.15, 0.2) is 42.5 Å². The molecular weight excluding hydrogens is 226 g/mol. The highest BCUT2D eigenvalue weighted by molar-refractivity contribution is 5.50. The van der Waals surface area contributed by atoms with E-state index >= 15 is 0 Å². The van der Waals surface area contributed by atoms with Crippen molar-refractivity contribution in [2.45, 2.75) is 6.92 Å². The average molecular weight is 239 g/mol. The van der Waals surface area contributed by atoms with E-state index in [-0.39, 0.29) is 0 Å². The van der Waals surface area contributed by atoms with E-state index in [0.717, 1.165) is 11.3 Å². The summed E-state index contributed by atoms with van der Waals surface area (Å²) in [5, 5.41) is 9.10. The van der Waals surface area contributed by atoms with Crippen molar-refractivity contribution < 1.29 is 9.47 Å². The lowest BCUT2D eigenvalue weighted by atomic mass is 10.2. The Hall–Kier alpha value is -2.47. The van der Waals surface area contributed by atoms with E-state index in [2.05, 4.69) is 6.07 Å². The summed E-state index contributed by atoms with van der Waals surface area (Å²) in [5.74, 6) is 1.93. The summed E-state index contributed by atoms with van der Waals surface area (Å²) < 4.78 is 10.8. The summed E-state index contributed by atoms with van der Waals surface area (Å²) in [6, 6.07) is 15.0. The van der Waals surface area contributed by atoms with Gasteiger partial charge in [-0.05, 0) is 30.7 Å². The molecule has 0 saturated heterocycles. The van der Waals surface area contributed by atoms with Crippen LogP contribution in [0.4, 0.5) is 0 Å². The summed E-state index contributed by atoms with van der Waals surface area (Å²) in [4.78, 5) is 0. The van der Waals surface area contributed by atoms with E-state index < -0.39 is 0 Å². The maximum Gasteiger partial charge on any atom is 0.145 e. The maximum absolute atomic E-state index is 9.10. The normalized spacial score (nSPS) is 9.61. The number of hydrogen-bond donors (Lipinski definition) is 0. The summed E-state index contributed by atoms with van der Waals surface area (Å²) in [6.07, 6.45) is 0. The molecule has 2 rings (SSSR count). The highest BCUT2D eigenvalue weighted by atomic mass is 16.5. The predicted molar refractivity (Wildman–Crippen MR) is 69.0 cm³/mol. The van der Waals surface area contributed by atoms with Gasteiger partial charge in [0.25, 0.3) is 0 Å². The molecular formula is C15H13NO2. The number of hydrogen-bond acceptors (Lipinski definition) is 3. The first-order valence-electron chi connectivity index (χ1n) is 5.56. The summed E-state index contributed by atoms with van der Waals surface area (Å²) in [6.45, 7) is 1.96. The Morgan fingerprint density at radius 2 is 1.83 bits per heavy atom. The van der Waals surface area contributed by atoms with Gasteiger partial charge >= 0.3 is 0 Å². The molecule has 18 heavy (non-hydrogen) atoms. The van der Waals surface area contributed by atoms with Crippen LogP contribution < -0.4 is 9.47 Å². The zero-order valence-electron chi connectivity index (χ0n) is 10.3. The van der Waals surface area contributed by atoms with E-state index in [0.29, 0.717) is 17.1 Å². The molecule has 0 aliphatic carbocycles. The largest absolute Gasteiger partial charge is 0.497 e. The highest BCUT2D eigenvalue weighted by Crippen LogP contribution is 2.29. The Kier molecular flexibility index (Phi) is 3.49. The topological polar surface area (TPSA) is 42.2 Å². The minimum absolute atomic E-state index is 0.456. The molecule has 2 aromatic rings. The molecule has 0 aliphatic rings. The van der Waals surface area contributed by atoms with Crippen molar-refractivity contribution in [3.8, 4) is 23.3 Å². The predicted octanol–water partition coefficient (Wildman–Crippen LogP) is 3.67. The molecule has 0 atom stereocenters. The number of rotatable bonds is 3. The number of benzene rings is 2. The third kappa shape index (κ3) is 2.44. The van der Waals surface area contributed by atoms with Crippen LogP contribution in [0.1, 0.15) is 11.1 Å². The van der Waals surface area contributed by atoms with Crippen molar-refractivity contribution in [3.05, 3.63) is 53.6 Å². The molecule has 0 aromatic heterocycles. The minimum Gasteiger partial charge on any atom is -0.497 e. The quantitative estimate of drug-likeness (QED) is 0.820. The fourth-order valence-corrected chi connectivity index (χ4v) is 1.60. The molecule has 3 heteroatoms. The van der Waals surface area contributed by atoms with E-state index in [1.165, 1.54) is 0 Å². The van der Waals surface area contributed by atoms with Gasteiger partial charge in [0.05, 0.1) is 12.7 Å². The van der Waals surface area contributed by atoms with Crippen molar-refractivity contribution in [2.24, 2.45) is 0 Å². The second kappa shape index (κ2) is 5.24. The Labute approximate surface area is 106 Å². The molecule has 0 saturated carbocycles. The van der Waals surface area contributed by atoms with Gasteiger partial charge in [0.1, 0.15) is 23.3 Å². The van der Waals surface area contributed by atoms with E-state index in [1.807, 2.05) is 31.2 Å². The number of nitrogens with zero attached hydrogens (tertiary/aromatic N) is 1. The lowest BCUT2D eigenvalue weighted by Gasteiger charge is -2.10. The SMILES string of the molecule is COc1ccc(Oc2ccccc2C)c(C#N)c1. The number of ether oxygens (including phenoxy) is 2. The molecule has 90 valence electrons. The molecule has 0 fully saturated rings. The summed E-state index contributed by atoms with van der Waals surface area (Å²) in [7, 11) is 1.57. The third-order valence-electron chi connectivity index (χ3n) is 2.62. The molecule has 0 aliphatic heterocycles. The van der Waals surface area contributed by atoms with Crippen LogP contribution in [0.25, 0.3) is 0 Å². The standard InChI is InChI=1S/C15H13NO2/c1-11-5-3-4-6-14(11)18-15-8-7-13(17-2)9-12(15)10-16/h3-9H,1-2H3. The third-order valence-corrected chi connectivity index (χ3v) is 2.62. The Morgan fingerprint density at radius 1 is 1.06 bits per heavy atom. The van der Waals surface area contributed by atoms with Crippen LogP contribution in [0, 0.1) is 18.3 Å². The fourth-order valence-electron chi connectivity index (χ4n) is 1.60. The Morgan fingerprint density at radius 3 is 2.50 bits per heavy atom. The summed E-state index contributed by atoms with van der Waals surface area (Å²) >= 11 is 0. The molecule has 0 spiro atoms. The van der Waals surface area contributed by atoms with Crippen LogP contribution in [-0.2, 0) is 0 Å². The van der Waals surface area contributed by atoms with Crippen molar-refractivity contribution in [1.29, 1.82) is 5.26 Å². The molecule has 0 amide bonds. The van der Waals surface area contributed by atoms with Crippen molar-refractivity contribution in [2.75, 3.05) is 7.11 Å². The molecule has 0 radical (unpaired) electrons. The van der Waals surface area contributed by atoms with Gasteiger partial charge in [0, 0.05) is 6.07 Å². The van der Waals surface area contributed by atoms with Gasteiger partial charge < -0.3 is 9.47 Å². The van der Waals surface area contributed by atoms with E-state index in [1.54, 1.807) is 25.3 Å². The van der Waals surface area contributed by atoms with Gasteiger partial charge in [0.2, 0.25) is 0 Å². The molecule has 2 aromatic carbocycles. The van der Waals surface area contributed by atoms with Crippen LogP contribution in [0.3, 0.4) is 0 Å². The fraction of sp³-hybridized carbons (Fsp3) is 0.133. The van der Waals surface area contributed by atoms with Crippen LogP contribution >= 0.6 is 0 Å². The van der Waals surface area contributed by atoms with Gasteiger partial charge in [-0.15, -0.1) is 0 Å². The first-order valence-corrected chi connectivity index (χ1v) is 5.56. The second-order valence-corrected chi connectivity index (χ2v) is 3.84. The first-order chi connectivity index (χ1) is 8.74. The number of methoxy groups -OCH3 is 1. The van der Waals surface area contributed by atoms with Gasteiger partial charge in [0.15, 0.2) is 0 Å². The van der Waals surface area contributed by atoms with E-state index in [4.69, 9.17) is 14.7 Å². The van der Waals surface area contributed by atoms with Crippen molar-refractivity contribution >= 4 is 0 Å². The first kappa shape index (κ1) is 12.0. The van der Waals surface area contributed by atoms with Crippen LogP contribution in [0.5, 0.6) is 17.2 Å². The minimum atomic E-state index is 0.456. The molecule has 0 unspecified atom stereocenters. The highest BCUT2D eigenvalue weighted by Gasteiger charge is 2.07. The molecule has 3 nitrogen and oxygen atoms in total. The molecule has 0 heterocycles. The zero-order valence-corrected chi connectivity index (χ0v) is 10.3. The van der Waals surface area contributed by atoms with Gasteiger partial charge in [-0.1, -0.05) is 18.2 Å². The lowest BCUT2D eigenvalue weighted by Crippen LogP contribution is -1.91. The van der Waals surface area contributed by atoms with Gasteiger partial charge in [-0.2, -0.15) is 5.26 Å². The molecule has 0 N–H and O–H groups in total. The zero-order chi connectivity index (χ0) is 13.0. The van der Waals surface area contributed by atoms with E-state index in [9.17, 15) is 0 Å². The monoisotopic (exact) mass is 239 g/mol. The van der Waals surface area contributed by atoms with Crippen LogP contribution in [-0.4, -0.2) is 7.11 Å². The number of para-hydroxylation sites is 1. The maximum atomic E-state index is 9.10. The Bertz CT molecular complexity index is 600. The average Bonchev–Trinajstić information content (AvgIpc) is 2.41. The van der Waals surface area contributed by atoms with Crippen LogP contribution in [0.2, 0.25) is 0 Å². The smallest absolute Gasteiger partial charge is 0.145 e. The second-order valence-electron chi connectivity index (χ2n) is 3.84. The molecule has 0 bridgehead atoms. The summed E-state index contributed by atoms with van der Waals surface area (Å²) in [5.41, 5.74) is 1.48. The van der Waals surface area contributed by atoms with Crippen molar-refractivity contribution in [3.63, 3.8) is 0 Å². The van der Waals surface area contributed by atoms with Crippen molar-refractivity contribution in [1.82, 2.24) is 0 Å². The Balaban J connectivity index is 2.35. The number of nitriles is 1. The number of aryl methyl sites for hydroxylation is 1. The van der Waals surface area contributed by atoms with Gasteiger partial charge in [-0.25, -0.2) is 0 Å².